The Morgan fingerprint density at radius 2 is 1.71 bits per heavy atom. The Balaban J connectivity index is 1.76. The van der Waals surface area contributed by atoms with Crippen molar-refractivity contribution in [2.45, 2.75) is 75.7 Å². The van der Waals surface area contributed by atoms with Gasteiger partial charge in [-0.25, -0.2) is 0 Å². The van der Waals surface area contributed by atoms with E-state index >= 15 is 0 Å². The zero-order valence-electron chi connectivity index (χ0n) is 13.9. The van der Waals surface area contributed by atoms with E-state index in [4.69, 9.17) is 0 Å². The summed E-state index contributed by atoms with van der Waals surface area (Å²) in [5.41, 5.74) is 0.170. The summed E-state index contributed by atoms with van der Waals surface area (Å²) in [7, 11) is 0. The number of carbonyl (C=O) groups excluding carboxylic acids is 1. The first-order valence-electron chi connectivity index (χ1n) is 8.17. The average Bonchev–Trinajstić information content (AvgIpc) is 2.33. The lowest BCUT2D eigenvalue weighted by atomic mass is 9.79. The molecule has 0 aromatic rings. The second-order valence-electron chi connectivity index (χ2n) is 7.83. The Bertz CT molecular complexity index is 349. The molecule has 0 radical (unpaired) electrons. The largest absolute Gasteiger partial charge is 0.353 e. The summed E-state index contributed by atoms with van der Waals surface area (Å²) in [6.45, 7) is 11.1. The van der Waals surface area contributed by atoms with Crippen LogP contribution in [0.1, 0.15) is 53.4 Å². The molecule has 0 aromatic heterocycles. The minimum atomic E-state index is 0.0852. The van der Waals surface area contributed by atoms with E-state index in [9.17, 15) is 4.79 Å². The Morgan fingerprint density at radius 1 is 1.14 bits per heavy atom. The highest BCUT2D eigenvalue weighted by Crippen LogP contribution is 2.28. The van der Waals surface area contributed by atoms with Crippen LogP contribution in [0.5, 0.6) is 0 Å². The zero-order valence-corrected chi connectivity index (χ0v) is 14.7. The molecule has 2 heterocycles. The van der Waals surface area contributed by atoms with Crippen LogP contribution in [0.4, 0.5) is 0 Å². The molecule has 2 fully saturated rings. The van der Waals surface area contributed by atoms with Crippen molar-refractivity contribution in [3.8, 4) is 0 Å². The molecule has 21 heavy (non-hydrogen) atoms. The maximum Gasteiger partial charge on any atom is 0.230 e. The quantitative estimate of drug-likeness (QED) is 0.742. The van der Waals surface area contributed by atoms with Crippen LogP contribution in [0.15, 0.2) is 0 Å². The third-order valence-electron chi connectivity index (χ3n) is 4.29. The number of nitrogens with one attached hydrogen (secondary N) is 3. The second-order valence-corrected chi connectivity index (χ2v) is 9.11. The summed E-state index contributed by atoms with van der Waals surface area (Å²) in [5, 5.41) is 10.9. The highest BCUT2D eigenvalue weighted by atomic mass is 32.2. The summed E-state index contributed by atoms with van der Waals surface area (Å²) >= 11 is 1.83. The van der Waals surface area contributed by atoms with E-state index in [1.807, 2.05) is 11.8 Å². The molecule has 0 aromatic carbocycles. The summed E-state index contributed by atoms with van der Waals surface area (Å²) in [5.74, 6) is 0.812. The molecule has 0 aliphatic carbocycles. The van der Waals surface area contributed by atoms with Crippen molar-refractivity contribution < 1.29 is 4.79 Å². The van der Waals surface area contributed by atoms with Crippen molar-refractivity contribution in [3.05, 3.63) is 0 Å². The molecule has 5 heteroatoms. The van der Waals surface area contributed by atoms with Gasteiger partial charge in [-0.1, -0.05) is 0 Å². The summed E-state index contributed by atoms with van der Waals surface area (Å²) in [6.07, 6.45) is 4.37. The molecule has 0 atom stereocenters. The molecule has 0 bridgehead atoms. The van der Waals surface area contributed by atoms with Crippen LogP contribution in [0, 0.1) is 0 Å². The van der Waals surface area contributed by atoms with E-state index in [-0.39, 0.29) is 23.0 Å². The molecule has 4 nitrogen and oxygen atoms in total. The third kappa shape index (κ3) is 5.80. The van der Waals surface area contributed by atoms with E-state index in [1.54, 1.807) is 0 Å². The van der Waals surface area contributed by atoms with Crippen molar-refractivity contribution in [2.75, 3.05) is 18.8 Å². The molecule has 3 N–H and O–H groups in total. The molecule has 0 spiro atoms. The number of hydrogen-bond donors (Lipinski definition) is 3. The lowest BCUT2D eigenvalue weighted by molar-refractivity contribution is -0.119. The molecular formula is C16H31N3OS. The molecule has 0 unspecified atom stereocenters. The number of hydrogen-bond acceptors (Lipinski definition) is 4. The first-order chi connectivity index (χ1) is 9.76. The van der Waals surface area contributed by atoms with Gasteiger partial charge in [-0.15, -0.1) is 11.8 Å². The van der Waals surface area contributed by atoms with E-state index in [2.05, 4.69) is 43.6 Å². The number of piperidine rings is 2. The average molecular weight is 314 g/mol. The van der Waals surface area contributed by atoms with Gasteiger partial charge in [-0.05, 0) is 66.5 Å². The third-order valence-corrected chi connectivity index (χ3v) is 5.66. The summed E-state index contributed by atoms with van der Waals surface area (Å²) in [4.78, 5) is 12.2. The maximum atomic E-state index is 12.2. The van der Waals surface area contributed by atoms with Crippen molar-refractivity contribution in [2.24, 2.45) is 0 Å². The Hall–Kier alpha value is -0.260. The molecule has 2 aliphatic heterocycles. The zero-order chi connectivity index (χ0) is 15.5. The summed E-state index contributed by atoms with van der Waals surface area (Å²) in [6, 6.07) is 0.289. The fraction of sp³-hybridized carbons (Fsp3) is 0.938. The lowest BCUT2D eigenvalue weighted by Gasteiger charge is -2.46. The normalized spacial score (nSPS) is 26.5. The SMILES string of the molecule is CC1(C)CC(NC(=O)CSC2CCNCC2)CC(C)(C)N1. The molecule has 0 saturated carbocycles. The number of rotatable bonds is 4. The first kappa shape index (κ1) is 17.1. The number of amides is 1. The molecule has 122 valence electrons. The fourth-order valence-corrected chi connectivity index (χ4v) is 4.89. The first-order valence-corrected chi connectivity index (χ1v) is 9.22. The van der Waals surface area contributed by atoms with Gasteiger partial charge in [0.15, 0.2) is 0 Å². The highest BCUT2D eigenvalue weighted by Gasteiger charge is 2.38. The lowest BCUT2D eigenvalue weighted by Crippen LogP contribution is -2.62. The Kier molecular flexibility index (Phi) is 5.60. The van der Waals surface area contributed by atoms with Crippen molar-refractivity contribution in [1.82, 2.24) is 16.0 Å². The van der Waals surface area contributed by atoms with Gasteiger partial charge in [0.25, 0.3) is 0 Å². The molecule has 1 amide bonds. The topological polar surface area (TPSA) is 53.2 Å². The van der Waals surface area contributed by atoms with Crippen LogP contribution in [-0.2, 0) is 4.79 Å². The number of thioether (sulfide) groups is 1. The maximum absolute atomic E-state index is 12.2. The van der Waals surface area contributed by atoms with Gasteiger partial charge in [-0.3, -0.25) is 4.79 Å². The monoisotopic (exact) mass is 313 g/mol. The van der Waals surface area contributed by atoms with Crippen molar-refractivity contribution >= 4 is 17.7 Å². The second kappa shape index (κ2) is 6.88. The molecule has 2 saturated heterocycles. The van der Waals surface area contributed by atoms with Crippen molar-refractivity contribution in [3.63, 3.8) is 0 Å². The molecule has 2 rings (SSSR count). The van der Waals surface area contributed by atoms with E-state index in [0.29, 0.717) is 11.0 Å². The smallest absolute Gasteiger partial charge is 0.230 e. The van der Waals surface area contributed by atoms with Gasteiger partial charge in [0, 0.05) is 22.4 Å². The van der Waals surface area contributed by atoms with Gasteiger partial charge in [0.2, 0.25) is 5.91 Å². The van der Waals surface area contributed by atoms with E-state index in [0.717, 1.165) is 25.9 Å². The minimum Gasteiger partial charge on any atom is -0.353 e. The van der Waals surface area contributed by atoms with Gasteiger partial charge >= 0.3 is 0 Å². The number of carbonyl (C=O) groups is 1. The van der Waals surface area contributed by atoms with Crippen LogP contribution < -0.4 is 16.0 Å². The highest BCUT2D eigenvalue weighted by molar-refractivity contribution is 8.00. The summed E-state index contributed by atoms with van der Waals surface area (Å²) < 4.78 is 0. The van der Waals surface area contributed by atoms with Crippen LogP contribution in [-0.4, -0.2) is 47.1 Å². The standard InChI is InChI=1S/C16H31N3OS/c1-15(2)9-12(10-16(3,4)19-15)18-14(20)11-21-13-5-7-17-8-6-13/h12-13,17,19H,5-11H2,1-4H3,(H,18,20). The minimum absolute atomic E-state index is 0.0852. The van der Waals surface area contributed by atoms with E-state index < -0.39 is 0 Å². The molecular weight excluding hydrogens is 282 g/mol. The fourth-order valence-electron chi connectivity index (χ4n) is 3.85. The van der Waals surface area contributed by atoms with Crippen LogP contribution >= 0.6 is 11.8 Å². The van der Waals surface area contributed by atoms with Gasteiger partial charge < -0.3 is 16.0 Å². The Morgan fingerprint density at radius 3 is 2.29 bits per heavy atom. The van der Waals surface area contributed by atoms with Gasteiger partial charge in [-0.2, -0.15) is 0 Å². The Labute approximate surface area is 133 Å². The molecule has 2 aliphatic rings. The van der Waals surface area contributed by atoms with E-state index in [1.165, 1.54) is 12.8 Å². The van der Waals surface area contributed by atoms with Gasteiger partial charge in [0.1, 0.15) is 0 Å². The van der Waals surface area contributed by atoms with Crippen LogP contribution in [0.2, 0.25) is 0 Å². The van der Waals surface area contributed by atoms with Gasteiger partial charge in [0.05, 0.1) is 5.75 Å². The predicted octanol–water partition coefficient (Wildman–Crippen LogP) is 1.90. The van der Waals surface area contributed by atoms with Crippen LogP contribution in [0.25, 0.3) is 0 Å². The van der Waals surface area contributed by atoms with Crippen LogP contribution in [0.3, 0.4) is 0 Å². The van der Waals surface area contributed by atoms with Crippen molar-refractivity contribution in [1.29, 1.82) is 0 Å². The predicted molar refractivity (Wildman–Crippen MR) is 90.8 cm³/mol.